The van der Waals surface area contributed by atoms with Crippen LogP contribution in [0.25, 0.3) is 0 Å². The Hall–Kier alpha value is -2.38. The molecule has 0 spiro atoms. The first kappa shape index (κ1) is 19.0. The first-order valence-electron chi connectivity index (χ1n) is 8.71. The minimum Gasteiger partial charge on any atom is -0.450 e. The van der Waals surface area contributed by atoms with Gasteiger partial charge in [-0.25, -0.2) is 14.8 Å². The Kier molecular flexibility index (Phi) is 6.55. The van der Waals surface area contributed by atoms with E-state index in [1.165, 1.54) is 0 Å². The maximum atomic E-state index is 12.7. The lowest BCUT2D eigenvalue weighted by molar-refractivity contribution is 0.0566. The van der Waals surface area contributed by atoms with Crippen molar-refractivity contribution in [2.75, 3.05) is 44.6 Å². The summed E-state index contributed by atoms with van der Waals surface area (Å²) >= 11 is 0. The quantitative estimate of drug-likeness (QED) is 0.872. The van der Waals surface area contributed by atoms with Crippen LogP contribution in [0.4, 0.5) is 10.7 Å². The predicted molar refractivity (Wildman–Crippen MR) is 94.6 cm³/mol. The smallest absolute Gasteiger partial charge is 0.409 e. The number of aromatic nitrogens is 2. The first-order chi connectivity index (χ1) is 11.9. The van der Waals surface area contributed by atoms with Gasteiger partial charge in [0.25, 0.3) is 5.91 Å². The van der Waals surface area contributed by atoms with E-state index >= 15 is 0 Å². The van der Waals surface area contributed by atoms with Crippen LogP contribution in [0, 0.1) is 12.8 Å². The lowest BCUT2D eigenvalue weighted by Crippen LogP contribution is -2.50. The van der Waals surface area contributed by atoms with Crippen molar-refractivity contribution in [2.45, 2.75) is 27.7 Å². The highest BCUT2D eigenvalue weighted by Gasteiger charge is 2.26. The molecule has 138 valence electrons. The maximum absolute atomic E-state index is 12.7. The van der Waals surface area contributed by atoms with Crippen molar-refractivity contribution in [3.8, 4) is 0 Å². The zero-order valence-electron chi connectivity index (χ0n) is 15.4. The van der Waals surface area contributed by atoms with E-state index in [-0.39, 0.29) is 12.0 Å². The summed E-state index contributed by atoms with van der Waals surface area (Å²) in [6.07, 6.45) is -0.326. The van der Waals surface area contributed by atoms with E-state index in [1.807, 2.05) is 6.92 Å². The normalized spacial score (nSPS) is 14.6. The van der Waals surface area contributed by atoms with Crippen molar-refractivity contribution < 1.29 is 14.3 Å². The Morgan fingerprint density at radius 3 is 2.44 bits per heavy atom. The van der Waals surface area contributed by atoms with Gasteiger partial charge in [-0.1, -0.05) is 13.8 Å². The Balaban J connectivity index is 2.00. The fourth-order valence-corrected chi connectivity index (χ4v) is 2.52. The highest BCUT2D eigenvalue weighted by Crippen LogP contribution is 2.11. The number of nitrogens with one attached hydrogen (secondary N) is 1. The number of amides is 2. The van der Waals surface area contributed by atoms with E-state index in [0.717, 1.165) is 12.2 Å². The fraction of sp³-hybridized carbons (Fsp3) is 0.647. The van der Waals surface area contributed by atoms with Gasteiger partial charge in [-0.05, 0) is 25.8 Å². The molecule has 1 aliphatic heterocycles. The molecule has 1 aromatic rings. The molecule has 2 rings (SSSR count). The molecule has 0 aromatic carbocycles. The van der Waals surface area contributed by atoms with Crippen LogP contribution in [0.2, 0.25) is 0 Å². The van der Waals surface area contributed by atoms with Crippen molar-refractivity contribution in [2.24, 2.45) is 5.92 Å². The highest BCUT2D eigenvalue weighted by atomic mass is 16.6. The number of aryl methyl sites for hydroxylation is 1. The second-order valence-electron chi connectivity index (χ2n) is 6.47. The van der Waals surface area contributed by atoms with Crippen molar-refractivity contribution >= 4 is 17.9 Å². The molecule has 1 fully saturated rings. The average molecular weight is 349 g/mol. The summed E-state index contributed by atoms with van der Waals surface area (Å²) in [6, 6.07) is 1.70. The lowest BCUT2D eigenvalue weighted by Gasteiger charge is -2.33. The van der Waals surface area contributed by atoms with Crippen LogP contribution in [0.5, 0.6) is 0 Å². The van der Waals surface area contributed by atoms with Gasteiger partial charge in [0.2, 0.25) is 5.95 Å². The summed E-state index contributed by atoms with van der Waals surface area (Å²) < 4.78 is 4.99. The molecule has 1 N–H and O–H groups in total. The Morgan fingerprint density at radius 2 is 1.84 bits per heavy atom. The molecule has 8 heteroatoms. The summed E-state index contributed by atoms with van der Waals surface area (Å²) in [5.74, 6) is 0.794. The minimum atomic E-state index is -0.326. The minimum absolute atomic E-state index is 0.137. The van der Waals surface area contributed by atoms with Crippen LogP contribution in [-0.2, 0) is 4.74 Å². The van der Waals surface area contributed by atoms with E-state index in [9.17, 15) is 9.59 Å². The molecule has 0 radical (unpaired) electrons. The van der Waals surface area contributed by atoms with Gasteiger partial charge in [-0.15, -0.1) is 0 Å². The SMILES string of the molecule is CCOC(=O)N1CCN(C(=O)c2cc(C)nc(NCC(C)C)n2)CC1. The third-order valence-electron chi connectivity index (χ3n) is 3.83. The van der Waals surface area contributed by atoms with Crippen LogP contribution in [-0.4, -0.2) is 71.1 Å². The van der Waals surface area contributed by atoms with Gasteiger partial charge in [0.15, 0.2) is 0 Å². The molecule has 0 unspecified atom stereocenters. The van der Waals surface area contributed by atoms with E-state index in [1.54, 1.807) is 22.8 Å². The van der Waals surface area contributed by atoms with Gasteiger partial charge in [-0.2, -0.15) is 0 Å². The molecule has 1 aromatic heterocycles. The van der Waals surface area contributed by atoms with Crippen molar-refractivity contribution in [1.29, 1.82) is 0 Å². The summed E-state index contributed by atoms with van der Waals surface area (Å²) in [7, 11) is 0. The standard InChI is InChI=1S/C17H27N5O3/c1-5-25-17(24)22-8-6-21(7-9-22)15(23)14-10-13(4)19-16(20-14)18-11-12(2)3/h10,12H,5-9,11H2,1-4H3,(H,18,19,20). The van der Waals surface area contributed by atoms with E-state index in [2.05, 4.69) is 29.1 Å². The number of hydrogen-bond acceptors (Lipinski definition) is 6. The number of hydrogen-bond donors (Lipinski definition) is 1. The van der Waals surface area contributed by atoms with Gasteiger partial charge >= 0.3 is 6.09 Å². The topological polar surface area (TPSA) is 87.7 Å². The highest BCUT2D eigenvalue weighted by molar-refractivity contribution is 5.92. The van der Waals surface area contributed by atoms with Crippen LogP contribution in [0.15, 0.2) is 6.07 Å². The number of carbonyl (C=O) groups is 2. The Morgan fingerprint density at radius 1 is 1.20 bits per heavy atom. The molecular weight excluding hydrogens is 322 g/mol. The van der Waals surface area contributed by atoms with Gasteiger partial charge in [0.1, 0.15) is 5.69 Å². The largest absolute Gasteiger partial charge is 0.450 e. The number of carbonyl (C=O) groups excluding carboxylic acids is 2. The zero-order valence-corrected chi connectivity index (χ0v) is 15.4. The molecule has 2 heterocycles. The molecule has 2 amide bonds. The van der Waals surface area contributed by atoms with Crippen molar-refractivity contribution in [3.05, 3.63) is 17.5 Å². The third-order valence-corrected chi connectivity index (χ3v) is 3.83. The van der Waals surface area contributed by atoms with Gasteiger partial charge in [0.05, 0.1) is 6.61 Å². The van der Waals surface area contributed by atoms with E-state index < -0.39 is 0 Å². The number of ether oxygens (including phenoxy) is 1. The monoisotopic (exact) mass is 349 g/mol. The maximum Gasteiger partial charge on any atom is 0.409 e. The van der Waals surface area contributed by atoms with Crippen molar-refractivity contribution in [1.82, 2.24) is 19.8 Å². The van der Waals surface area contributed by atoms with Crippen molar-refractivity contribution in [3.63, 3.8) is 0 Å². The number of rotatable bonds is 5. The first-order valence-corrected chi connectivity index (χ1v) is 8.71. The molecule has 8 nitrogen and oxygen atoms in total. The van der Waals surface area contributed by atoms with Gasteiger partial charge in [-0.3, -0.25) is 4.79 Å². The van der Waals surface area contributed by atoms with E-state index in [4.69, 9.17) is 4.74 Å². The summed E-state index contributed by atoms with van der Waals surface area (Å²) in [5, 5.41) is 3.16. The molecule has 0 aliphatic carbocycles. The van der Waals surface area contributed by atoms with Crippen LogP contribution >= 0.6 is 0 Å². The summed E-state index contributed by atoms with van der Waals surface area (Å²) in [4.78, 5) is 36.5. The second kappa shape index (κ2) is 8.64. The summed E-state index contributed by atoms with van der Waals surface area (Å²) in [5.41, 5.74) is 1.12. The number of anilines is 1. The number of piperazine rings is 1. The molecule has 0 bridgehead atoms. The van der Waals surface area contributed by atoms with Crippen LogP contribution in [0.1, 0.15) is 37.0 Å². The number of nitrogens with zero attached hydrogens (tertiary/aromatic N) is 4. The molecule has 0 atom stereocenters. The van der Waals surface area contributed by atoms with E-state index in [0.29, 0.717) is 50.3 Å². The Bertz CT molecular complexity index is 612. The second-order valence-corrected chi connectivity index (χ2v) is 6.47. The van der Waals surface area contributed by atoms with Gasteiger partial charge < -0.3 is 19.9 Å². The third kappa shape index (κ3) is 5.30. The lowest BCUT2D eigenvalue weighted by atomic mass is 10.2. The molecular formula is C17H27N5O3. The van der Waals surface area contributed by atoms with Crippen LogP contribution in [0.3, 0.4) is 0 Å². The molecule has 1 saturated heterocycles. The van der Waals surface area contributed by atoms with Gasteiger partial charge in [0, 0.05) is 38.4 Å². The molecule has 1 aliphatic rings. The summed E-state index contributed by atoms with van der Waals surface area (Å²) in [6.45, 7) is 10.8. The fourth-order valence-electron chi connectivity index (χ4n) is 2.52. The predicted octanol–water partition coefficient (Wildman–Crippen LogP) is 1.77. The molecule has 25 heavy (non-hydrogen) atoms. The molecule has 0 saturated carbocycles. The average Bonchev–Trinajstić information content (AvgIpc) is 2.59. The van der Waals surface area contributed by atoms with Crippen LogP contribution < -0.4 is 5.32 Å². The zero-order chi connectivity index (χ0) is 18.4. The Labute approximate surface area is 148 Å².